The second-order valence-corrected chi connectivity index (χ2v) is 4.18. The van der Waals surface area contributed by atoms with Gasteiger partial charge in [-0.3, -0.25) is 9.59 Å². The van der Waals surface area contributed by atoms with E-state index in [-0.39, 0.29) is 17.5 Å². The lowest BCUT2D eigenvalue weighted by molar-refractivity contribution is 0.0946. The highest BCUT2D eigenvalue weighted by Crippen LogP contribution is 2.18. The van der Waals surface area contributed by atoms with Gasteiger partial charge in [-0.15, -0.1) is 0 Å². The molecule has 4 nitrogen and oxygen atoms in total. The van der Waals surface area contributed by atoms with E-state index in [1.807, 2.05) is 6.07 Å². The van der Waals surface area contributed by atoms with E-state index in [1.165, 1.54) is 6.26 Å². The molecule has 0 fully saturated rings. The Morgan fingerprint density at radius 3 is 2.94 bits per heavy atom. The summed E-state index contributed by atoms with van der Waals surface area (Å²) in [6.07, 6.45) is 2.26. The van der Waals surface area contributed by atoms with Gasteiger partial charge in [-0.25, -0.2) is 0 Å². The van der Waals surface area contributed by atoms with Crippen LogP contribution in [-0.4, -0.2) is 18.2 Å². The molecule has 1 aromatic heterocycles. The summed E-state index contributed by atoms with van der Waals surface area (Å²) in [5.41, 5.74) is 2.04. The number of nitrogens with one attached hydrogen (secondary N) is 1. The maximum atomic E-state index is 12.1. The molecule has 0 saturated heterocycles. The minimum atomic E-state index is -0.207. The van der Waals surface area contributed by atoms with Crippen LogP contribution in [0.3, 0.4) is 0 Å². The largest absolute Gasteiger partial charge is 0.461 e. The molecule has 0 unspecified atom stereocenters. The first-order valence-electron chi connectivity index (χ1n) is 5.75. The van der Waals surface area contributed by atoms with E-state index < -0.39 is 0 Å². The molecule has 2 aromatic rings. The van der Waals surface area contributed by atoms with Crippen LogP contribution in [0.4, 0.5) is 0 Å². The van der Waals surface area contributed by atoms with Crippen molar-refractivity contribution < 1.29 is 14.0 Å². The van der Waals surface area contributed by atoms with Crippen molar-refractivity contribution in [2.45, 2.75) is 6.42 Å². The molecule has 0 spiro atoms. The SMILES string of the molecule is O=C(c1ccc2c(c1)C(=O)NCC2)c1ccco1. The summed E-state index contributed by atoms with van der Waals surface area (Å²) in [7, 11) is 0. The molecule has 1 aliphatic heterocycles. The molecular formula is C14H11NO3. The molecular weight excluding hydrogens is 230 g/mol. The predicted molar refractivity (Wildman–Crippen MR) is 64.6 cm³/mol. The number of ketones is 1. The van der Waals surface area contributed by atoms with Crippen molar-refractivity contribution in [3.05, 3.63) is 59.0 Å². The van der Waals surface area contributed by atoms with Crippen molar-refractivity contribution in [3.63, 3.8) is 0 Å². The third-order valence-corrected chi connectivity index (χ3v) is 3.04. The van der Waals surface area contributed by atoms with Crippen LogP contribution in [-0.2, 0) is 6.42 Å². The standard InChI is InChI=1S/C14H11NO3/c16-13(12-2-1-7-18-12)10-4-3-9-5-6-15-14(17)11(9)8-10/h1-4,7-8H,5-6H2,(H,15,17). The molecule has 3 rings (SSSR count). The first kappa shape index (κ1) is 10.8. The molecule has 2 heterocycles. The van der Waals surface area contributed by atoms with E-state index in [2.05, 4.69) is 5.32 Å². The Balaban J connectivity index is 2.02. The lowest BCUT2D eigenvalue weighted by Gasteiger charge is -2.16. The highest BCUT2D eigenvalue weighted by atomic mass is 16.3. The summed E-state index contributed by atoms with van der Waals surface area (Å²) >= 11 is 0. The van der Waals surface area contributed by atoms with Gasteiger partial charge in [0.05, 0.1) is 6.26 Å². The second kappa shape index (κ2) is 4.14. The van der Waals surface area contributed by atoms with Crippen LogP contribution >= 0.6 is 0 Å². The quantitative estimate of drug-likeness (QED) is 0.815. The fraction of sp³-hybridized carbons (Fsp3) is 0.143. The highest BCUT2D eigenvalue weighted by Gasteiger charge is 2.19. The normalized spacial score (nSPS) is 13.9. The number of hydrogen-bond donors (Lipinski definition) is 1. The van der Waals surface area contributed by atoms with Crippen molar-refractivity contribution in [2.75, 3.05) is 6.54 Å². The maximum Gasteiger partial charge on any atom is 0.251 e. The molecule has 0 atom stereocenters. The van der Waals surface area contributed by atoms with Crippen LogP contribution in [0.1, 0.15) is 32.0 Å². The molecule has 0 bridgehead atoms. The zero-order valence-corrected chi connectivity index (χ0v) is 9.60. The zero-order valence-electron chi connectivity index (χ0n) is 9.60. The number of hydrogen-bond acceptors (Lipinski definition) is 3. The zero-order chi connectivity index (χ0) is 12.5. The highest BCUT2D eigenvalue weighted by molar-refractivity contribution is 6.09. The lowest BCUT2D eigenvalue weighted by Crippen LogP contribution is -2.32. The molecule has 90 valence electrons. The fourth-order valence-corrected chi connectivity index (χ4v) is 2.10. The molecule has 0 aliphatic carbocycles. The Morgan fingerprint density at radius 2 is 2.17 bits per heavy atom. The predicted octanol–water partition coefficient (Wildman–Crippen LogP) is 1.80. The maximum absolute atomic E-state index is 12.1. The van der Waals surface area contributed by atoms with Crippen molar-refractivity contribution in [1.82, 2.24) is 5.32 Å². The first-order chi connectivity index (χ1) is 8.75. The number of rotatable bonds is 2. The van der Waals surface area contributed by atoms with Crippen LogP contribution < -0.4 is 5.32 Å². The number of furan rings is 1. The number of carbonyl (C=O) groups excluding carboxylic acids is 2. The van der Waals surface area contributed by atoms with Gasteiger partial charge in [0.1, 0.15) is 0 Å². The average Bonchev–Trinajstić information content (AvgIpc) is 2.92. The number of benzene rings is 1. The second-order valence-electron chi connectivity index (χ2n) is 4.18. The van der Waals surface area contributed by atoms with E-state index >= 15 is 0 Å². The van der Waals surface area contributed by atoms with Gasteiger partial charge in [0.15, 0.2) is 5.76 Å². The third-order valence-electron chi connectivity index (χ3n) is 3.04. The van der Waals surface area contributed by atoms with Crippen LogP contribution in [0, 0.1) is 0 Å². The van der Waals surface area contributed by atoms with E-state index in [0.29, 0.717) is 17.7 Å². The molecule has 1 N–H and O–H groups in total. The summed E-state index contributed by atoms with van der Waals surface area (Å²) in [5.74, 6) is -0.0438. The van der Waals surface area contributed by atoms with Crippen molar-refractivity contribution in [2.24, 2.45) is 0 Å². The Kier molecular flexibility index (Phi) is 2.48. The minimum Gasteiger partial charge on any atom is -0.461 e. The Bertz CT molecular complexity index is 614. The van der Waals surface area contributed by atoms with Crippen LogP contribution in [0.15, 0.2) is 41.0 Å². The Morgan fingerprint density at radius 1 is 1.28 bits per heavy atom. The third kappa shape index (κ3) is 1.72. The summed E-state index contributed by atoms with van der Waals surface area (Å²) in [4.78, 5) is 23.8. The Hall–Kier alpha value is -2.36. The van der Waals surface area contributed by atoms with Gasteiger partial charge >= 0.3 is 0 Å². The van der Waals surface area contributed by atoms with Crippen molar-refractivity contribution in [1.29, 1.82) is 0 Å². The molecule has 1 aliphatic rings. The average molecular weight is 241 g/mol. The summed E-state index contributed by atoms with van der Waals surface area (Å²) in [6.45, 7) is 0.650. The van der Waals surface area contributed by atoms with Gasteiger partial charge in [-0.2, -0.15) is 0 Å². The van der Waals surface area contributed by atoms with Gasteiger partial charge in [-0.1, -0.05) is 12.1 Å². The number of fused-ring (bicyclic) bond motifs is 1. The van der Waals surface area contributed by atoms with Crippen LogP contribution in [0.2, 0.25) is 0 Å². The summed E-state index contributed by atoms with van der Waals surface area (Å²) in [6, 6.07) is 8.49. The molecule has 1 amide bonds. The van der Waals surface area contributed by atoms with E-state index in [9.17, 15) is 9.59 Å². The smallest absolute Gasteiger partial charge is 0.251 e. The topological polar surface area (TPSA) is 59.3 Å². The van der Waals surface area contributed by atoms with E-state index in [0.717, 1.165) is 12.0 Å². The lowest BCUT2D eigenvalue weighted by atomic mass is 9.96. The summed E-state index contributed by atoms with van der Waals surface area (Å²) < 4.78 is 5.07. The van der Waals surface area contributed by atoms with Gasteiger partial charge in [0, 0.05) is 17.7 Å². The van der Waals surface area contributed by atoms with E-state index in [4.69, 9.17) is 4.42 Å². The number of carbonyl (C=O) groups is 2. The van der Waals surface area contributed by atoms with Gasteiger partial charge in [-0.05, 0) is 30.2 Å². The molecule has 0 radical (unpaired) electrons. The van der Waals surface area contributed by atoms with Gasteiger partial charge in [0.2, 0.25) is 5.78 Å². The fourth-order valence-electron chi connectivity index (χ4n) is 2.10. The minimum absolute atomic E-state index is 0.120. The van der Waals surface area contributed by atoms with Crippen molar-refractivity contribution >= 4 is 11.7 Å². The van der Waals surface area contributed by atoms with Gasteiger partial charge < -0.3 is 9.73 Å². The molecule has 4 heteroatoms. The monoisotopic (exact) mass is 241 g/mol. The number of amides is 1. The van der Waals surface area contributed by atoms with Crippen LogP contribution in [0.25, 0.3) is 0 Å². The Labute approximate surface area is 104 Å². The van der Waals surface area contributed by atoms with Crippen molar-refractivity contribution in [3.8, 4) is 0 Å². The summed E-state index contributed by atoms with van der Waals surface area (Å²) in [5, 5.41) is 2.77. The molecule has 1 aromatic carbocycles. The van der Waals surface area contributed by atoms with E-state index in [1.54, 1.807) is 24.3 Å². The molecule has 18 heavy (non-hydrogen) atoms. The molecule has 0 saturated carbocycles. The van der Waals surface area contributed by atoms with Crippen LogP contribution in [0.5, 0.6) is 0 Å². The van der Waals surface area contributed by atoms with Gasteiger partial charge in [0.25, 0.3) is 5.91 Å². The first-order valence-corrected chi connectivity index (χ1v) is 5.75.